The van der Waals surface area contributed by atoms with Gasteiger partial charge in [0.05, 0.1) is 22.0 Å². The molecule has 0 radical (unpaired) electrons. The molecule has 3 rings (SSSR count). The molecule has 0 heterocycles. The number of carbonyl (C=O) groups is 2. The van der Waals surface area contributed by atoms with Crippen LogP contribution in [-0.4, -0.2) is 50.5 Å². The highest BCUT2D eigenvalue weighted by atomic mass is 35.5. The number of likely N-dealkylation sites (N-methyl/N-ethyl adjacent to an activating group) is 1. The van der Waals surface area contributed by atoms with Crippen LogP contribution in [0.4, 0.5) is 5.69 Å². The molecule has 8 nitrogen and oxygen atoms in total. The summed E-state index contributed by atoms with van der Waals surface area (Å²) >= 11 is 12.2. The fraction of sp³-hybridized carbons (Fsp3) is 0.286. The van der Waals surface area contributed by atoms with Crippen molar-refractivity contribution in [3.63, 3.8) is 0 Å². The molecular formula is C28H31Cl2N3O5S. The third-order valence-electron chi connectivity index (χ3n) is 5.91. The van der Waals surface area contributed by atoms with E-state index in [2.05, 4.69) is 5.32 Å². The predicted molar refractivity (Wildman–Crippen MR) is 155 cm³/mol. The van der Waals surface area contributed by atoms with E-state index in [4.69, 9.17) is 27.9 Å². The zero-order valence-corrected chi connectivity index (χ0v) is 24.3. The summed E-state index contributed by atoms with van der Waals surface area (Å²) in [6.45, 7) is 3.62. The van der Waals surface area contributed by atoms with Crippen LogP contribution in [-0.2, 0) is 32.8 Å². The van der Waals surface area contributed by atoms with Gasteiger partial charge in [-0.25, -0.2) is 8.42 Å². The minimum absolute atomic E-state index is 0.0257. The number of nitrogens with one attached hydrogen (secondary N) is 1. The fourth-order valence-electron chi connectivity index (χ4n) is 3.80. The number of anilines is 1. The third kappa shape index (κ3) is 8.61. The Kier molecular flexibility index (Phi) is 10.6. The van der Waals surface area contributed by atoms with Gasteiger partial charge in [0.1, 0.15) is 24.9 Å². The summed E-state index contributed by atoms with van der Waals surface area (Å²) in [7, 11) is -3.85. The van der Waals surface area contributed by atoms with E-state index in [0.717, 1.165) is 16.1 Å². The largest absolute Gasteiger partial charge is 0.489 e. The van der Waals surface area contributed by atoms with Crippen molar-refractivity contribution in [1.29, 1.82) is 0 Å². The second kappa shape index (κ2) is 13.7. The molecule has 11 heteroatoms. The number of sulfonamides is 1. The highest BCUT2D eigenvalue weighted by molar-refractivity contribution is 7.92. The molecule has 0 saturated carbocycles. The number of hydrogen-bond acceptors (Lipinski definition) is 5. The second-order valence-corrected chi connectivity index (χ2v) is 11.6. The van der Waals surface area contributed by atoms with Gasteiger partial charge in [-0.1, -0.05) is 59.6 Å². The van der Waals surface area contributed by atoms with Gasteiger partial charge < -0.3 is 15.0 Å². The Bertz CT molecular complexity index is 1390. The van der Waals surface area contributed by atoms with Crippen LogP contribution >= 0.6 is 23.2 Å². The smallest absolute Gasteiger partial charge is 0.244 e. The zero-order chi connectivity index (χ0) is 28.6. The molecule has 0 aromatic heterocycles. The number of amides is 2. The summed E-state index contributed by atoms with van der Waals surface area (Å²) in [5.74, 6) is -0.375. The van der Waals surface area contributed by atoms with Crippen LogP contribution in [0.25, 0.3) is 0 Å². The SMILES string of the molecule is CCNC(=O)[C@H](C)N(Cc1ccc(Cl)c(Cl)c1)C(=O)CN(c1ccc(OCc2ccccc2)cc1)S(C)(=O)=O. The predicted octanol–water partition coefficient (Wildman–Crippen LogP) is 4.89. The van der Waals surface area contributed by atoms with Crippen LogP contribution < -0.4 is 14.4 Å². The molecule has 0 aliphatic carbocycles. The summed E-state index contributed by atoms with van der Waals surface area (Å²) in [5.41, 5.74) is 1.92. The molecule has 0 unspecified atom stereocenters. The minimum Gasteiger partial charge on any atom is -0.489 e. The molecule has 39 heavy (non-hydrogen) atoms. The first kappa shape index (κ1) is 30.3. The number of benzene rings is 3. The van der Waals surface area contributed by atoms with E-state index in [1.807, 2.05) is 30.3 Å². The Morgan fingerprint density at radius 3 is 2.21 bits per heavy atom. The first-order valence-electron chi connectivity index (χ1n) is 12.2. The Morgan fingerprint density at radius 1 is 0.949 bits per heavy atom. The van der Waals surface area contributed by atoms with E-state index >= 15 is 0 Å². The van der Waals surface area contributed by atoms with Crippen LogP contribution in [0.2, 0.25) is 10.0 Å². The maximum atomic E-state index is 13.6. The van der Waals surface area contributed by atoms with Crippen molar-refractivity contribution in [1.82, 2.24) is 10.2 Å². The van der Waals surface area contributed by atoms with Crippen LogP contribution in [0.3, 0.4) is 0 Å². The van der Waals surface area contributed by atoms with Gasteiger partial charge >= 0.3 is 0 Å². The van der Waals surface area contributed by atoms with Crippen molar-refractivity contribution in [3.05, 3.63) is 94.0 Å². The van der Waals surface area contributed by atoms with Gasteiger partial charge in [0, 0.05) is 13.1 Å². The molecule has 0 aliphatic heterocycles. The van der Waals surface area contributed by atoms with Crippen molar-refractivity contribution in [2.45, 2.75) is 33.0 Å². The second-order valence-electron chi connectivity index (χ2n) is 8.88. The van der Waals surface area contributed by atoms with E-state index in [1.165, 1.54) is 4.90 Å². The number of hydrogen-bond donors (Lipinski definition) is 1. The van der Waals surface area contributed by atoms with E-state index < -0.39 is 28.5 Å². The molecule has 0 bridgehead atoms. The number of carbonyl (C=O) groups excluding carboxylic acids is 2. The van der Waals surface area contributed by atoms with Crippen LogP contribution in [0.1, 0.15) is 25.0 Å². The standard InChI is InChI=1S/C28H31Cl2N3O5S/c1-4-31-28(35)20(2)32(17-22-10-15-25(29)26(30)16-22)27(34)18-33(39(3,36)37)23-11-13-24(14-12-23)38-19-21-8-6-5-7-9-21/h5-16,20H,4,17-19H2,1-3H3,(H,31,35)/t20-/m0/s1. The van der Waals surface area contributed by atoms with Crippen LogP contribution in [0.15, 0.2) is 72.8 Å². The Morgan fingerprint density at radius 2 is 1.62 bits per heavy atom. The Hall–Kier alpha value is -3.27. The highest BCUT2D eigenvalue weighted by Crippen LogP contribution is 2.25. The molecular weight excluding hydrogens is 561 g/mol. The molecule has 0 aliphatic rings. The highest BCUT2D eigenvalue weighted by Gasteiger charge is 2.30. The van der Waals surface area contributed by atoms with Gasteiger partial charge in [-0.05, 0) is 61.4 Å². The first-order chi connectivity index (χ1) is 18.5. The molecule has 1 atom stereocenters. The Labute approximate surface area is 239 Å². The normalized spacial score (nSPS) is 11.9. The van der Waals surface area contributed by atoms with E-state index in [-0.39, 0.29) is 18.1 Å². The van der Waals surface area contributed by atoms with Gasteiger partial charge in [-0.3, -0.25) is 13.9 Å². The molecule has 2 amide bonds. The number of rotatable bonds is 12. The van der Waals surface area contributed by atoms with Crippen molar-refractivity contribution in [2.75, 3.05) is 23.7 Å². The topological polar surface area (TPSA) is 96.0 Å². The number of halogens is 2. The van der Waals surface area contributed by atoms with E-state index in [1.54, 1.807) is 56.3 Å². The zero-order valence-electron chi connectivity index (χ0n) is 21.9. The molecule has 3 aromatic carbocycles. The summed E-state index contributed by atoms with van der Waals surface area (Å²) in [6, 6.07) is 20.1. The number of ether oxygens (including phenoxy) is 1. The van der Waals surface area contributed by atoms with E-state index in [9.17, 15) is 18.0 Å². The van der Waals surface area contributed by atoms with Gasteiger partial charge in [0.25, 0.3) is 0 Å². The van der Waals surface area contributed by atoms with Crippen molar-refractivity contribution < 1.29 is 22.7 Å². The van der Waals surface area contributed by atoms with Gasteiger partial charge in [-0.15, -0.1) is 0 Å². The molecule has 0 spiro atoms. The van der Waals surface area contributed by atoms with Gasteiger partial charge in [0.15, 0.2) is 0 Å². The lowest BCUT2D eigenvalue weighted by Crippen LogP contribution is -2.51. The third-order valence-corrected chi connectivity index (χ3v) is 7.79. The van der Waals surface area contributed by atoms with Crippen LogP contribution in [0.5, 0.6) is 5.75 Å². The quantitative estimate of drug-likeness (QED) is 0.323. The molecule has 1 N–H and O–H groups in total. The molecule has 0 fully saturated rings. The van der Waals surface area contributed by atoms with Crippen LogP contribution in [0, 0.1) is 0 Å². The summed E-state index contributed by atoms with van der Waals surface area (Å²) in [6.07, 6.45) is 1.02. The first-order valence-corrected chi connectivity index (χ1v) is 14.9. The van der Waals surface area contributed by atoms with E-state index in [0.29, 0.717) is 34.5 Å². The Balaban J connectivity index is 1.82. The summed E-state index contributed by atoms with van der Waals surface area (Å²) < 4.78 is 32.3. The average Bonchev–Trinajstić information content (AvgIpc) is 2.91. The maximum absolute atomic E-state index is 13.6. The average molecular weight is 593 g/mol. The van der Waals surface area contributed by atoms with Crippen molar-refractivity contribution >= 4 is 50.7 Å². The lowest BCUT2D eigenvalue weighted by molar-refractivity contribution is -0.139. The minimum atomic E-state index is -3.85. The summed E-state index contributed by atoms with van der Waals surface area (Å²) in [5, 5.41) is 3.37. The van der Waals surface area contributed by atoms with Crippen molar-refractivity contribution in [2.24, 2.45) is 0 Å². The lowest BCUT2D eigenvalue weighted by Gasteiger charge is -2.31. The van der Waals surface area contributed by atoms with Gasteiger partial charge in [-0.2, -0.15) is 0 Å². The molecule has 3 aromatic rings. The summed E-state index contributed by atoms with van der Waals surface area (Å²) in [4.78, 5) is 27.5. The molecule has 208 valence electrons. The maximum Gasteiger partial charge on any atom is 0.244 e. The number of nitrogens with zero attached hydrogens (tertiary/aromatic N) is 2. The van der Waals surface area contributed by atoms with Gasteiger partial charge in [0.2, 0.25) is 21.8 Å². The monoisotopic (exact) mass is 591 g/mol. The van der Waals surface area contributed by atoms with Crippen molar-refractivity contribution in [3.8, 4) is 5.75 Å². The lowest BCUT2D eigenvalue weighted by atomic mass is 10.1. The molecule has 0 saturated heterocycles. The fourth-order valence-corrected chi connectivity index (χ4v) is 4.97.